The summed E-state index contributed by atoms with van der Waals surface area (Å²) in [6.45, 7) is 19.1. The number of benzene rings is 2. The number of nitrogens with one attached hydrogen (secondary N) is 1. The Labute approximate surface area is 350 Å². The molecular weight excluding hydrogens is 773 g/mol. The van der Waals surface area contributed by atoms with E-state index in [4.69, 9.17) is 19.2 Å². The fourth-order valence-corrected chi connectivity index (χ4v) is 8.96. The lowest BCUT2D eigenvalue weighted by molar-refractivity contribution is -0.159. The van der Waals surface area contributed by atoms with Gasteiger partial charge in [-0.05, 0) is 25.8 Å². The molecule has 7 rings (SSSR count). The molecule has 5 aliphatic rings. The topological polar surface area (TPSA) is 220 Å². The molecule has 5 heterocycles. The summed E-state index contributed by atoms with van der Waals surface area (Å²) in [7, 11) is 0. The number of aliphatic hydroxyl groups is 3. The lowest BCUT2D eigenvalue weighted by Crippen LogP contribution is -2.47. The Balaban J connectivity index is 1.54. The number of anilines is 1. The Morgan fingerprint density at radius 3 is 2.27 bits per heavy atom. The number of amides is 1. The highest BCUT2D eigenvalue weighted by Gasteiger charge is 2.50. The van der Waals surface area contributed by atoms with Gasteiger partial charge in [-0.2, -0.15) is 0 Å². The van der Waals surface area contributed by atoms with Crippen LogP contribution >= 0.6 is 0 Å². The Morgan fingerprint density at radius 2 is 1.63 bits per heavy atom. The van der Waals surface area contributed by atoms with Crippen LogP contribution in [0.25, 0.3) is 10.8 Å². The van der Waals surface area contributed by atoms with E-state index < -0.39 is 88.7 Å². The first kappa shape index (κ1) is 44.7. The van der Waals surface area contributed by atoms with Crippen molar-refractivity contribution < 1.29 is 54.1 Å². The van der Waals surface area contributed by atoms with Crippen molar-refractivity contribution in [1.82, 2.24) is 4.90 Å². The Morgan fingerprint density at radius 1 is 0.967 bits per heavy atom. The molecule has 1 fully saturated rings. The summed E-state index contributed by atoms with van der Waals surface area (Å²) in [4.78, 5) is 52.6. The molecule has 0 radical (unpaired) electrons. The number of hydrogen-bond acceptors (Lipinski definition) is 14. The number of hydrogen-bond donors (Lipinski definition) is 6. The third-order valence-electron chi connectivity index (χ3n) is 12.7. The zero-order valence-electron chi connectivity index (χ0n) is 36.1. The SMILES string of the molecule is CC(=O)O[C@@H]1[C@H](C)[C@@H](O)[C@@H](C)[C@@H](O)[C@H](C)C=CC=C(C)C(=O)N=c2c(O)c3c(O)c(C)c4c(c3c3c2=NC2(CCN(CC(C)C)CC2)N3)C(=O)[C@@](C)(OC=C[C@@H](O)[C@H]1C)O4. The molecule has 15 heteroatoms. The zero-order valence-corrected chi connectivity index (χ0v) is 36.1. The second-order valence-electron chi connectivity index (χ2n) is 17.8. The smallest absolute Gasteiger partial charge is 0.312 e. The van der Waals surface area contributed by atoms with Gasteiger partial charge in [0.05, 0.1) is 41.2 Å². The van der Waals surface area contributed by atoms with E-state index in [0.29, 0.717) is 37.5 Å². The van der Waals surface area contributed by atoms with Crippen molar-refractivity contribution in [3.63, 3.8) is 0 Å². The molecule has 15 nitrogen and oxygen atoms in total. The molecular formula is C45H60N4O11. The number of Topliss-reactive ketones (excluding diaryl/α,β-unsaturated/α-hetero) is 1. The number of nitrogens with zero attached hydrogens (tertiary/aromatic N) is 3. The van der Waals surface area contributed by atoms with E-state index in [1.54, 1.807) is 46.8 Å². The summed E-state index contributed by atoms with van der Waals surface area (Å²) >= 11 is 0. The number of allylic oxidation sites excluding steroid dienone is 2. The summed E-state index contributed by atoms with van der Waals surface area (Å²) < 4.78 is 17.8. The molecule has 0 aliphatic carbocycles. The maximum Gasteiger partial charge on any atom is 0.312 e. The van der Waals surface area contributed by atoms with Crippen molar-refractivity contribution in [2.24, 2.45) is 39.6 Å². The van der Waals surface area contributed by atoms with Gasteiger partial charge in [0.15, 0.2) is 5.75 Å². The van der Waals surface area contributed by atoms with Crippen LogP contribution in [-0.2, 0) is 19.1 Å². The lowest BCUT2D eigenvalue weighted by Gasteiger charge is -2.38. The van der Waals surface area contributed by atoms with Crippen LogP contribution in [0.15, 0.2) is 46.1 Å². The largest absolute Gasteiger partial charge is 0.507 e. The molecule has 2 aromatic rings. The van der Waals surface area contributed by atoms with Gasteiger partial charge >= 0.3 is 11.8 Å². The molecule has 326 valence electrons. The maximum atomic E-state index is 14.6. The van der Waals surface area contributed by atoms with E-state index >= 15 is 0 Å². The molecule has 0 unspecified atom stereocenters. The zero-order chi connectivity index (χ0) is 44.2. The molecule has 0 aromatic heterocycles. The van der Waals surface area contributed by atoms with Crippen molar-refractivity contribution in [2.75, 3.05) is 25.0 Å². The fraction of sp³-hybridized carbons (Fsp3) is 0.578. The van der Waals surface area contributed by atoms with Crippen LogP contribution in [0.2, 0.25) is 0 Å². The van der Waals surface area contributed by atoms with Crippen LogP contribution in [-0.4, -0.2) is 104 Å². The minimum atomic E-state index is -2.01. The minimum absolute atomic E-state index is 0.0189. The quantitative estimate of drug-likeness (QED) is 0.190. The highest BCUT2D eigenvalue weighted by molar-refractivity contribution is 6.21. The molecule has 60 heavy (non-hydrogen) atoms. The second kappa shape index (κ2) is 16.9. The number of likely N-dealkylation sites (tertiary alicyclic amines) is 1. The van der Waals surface area contributed by atoms with Crippen LogP contribution in [0.3, 0.4) is 0 Å². The van der Waals surface area contributed by atoms with E-state index in [9.17, 15) is 39.9 Å². The van der Waals surface area contributed by atoms with E-state index in [2.05, 4.69) is 29.1 Å². The van der Waals surface area contributed by atoms with Gasteiger partial charge in [-0.15, -0.1) is 0 Å². The predicted molar refractivity (Wildman–Crippen MR) is 223 cm³/mol. The Hall–Kier alpha value is -4.83. The number of carbonyl (C=O) groups excluding carboxylic acids is 3. The van der Waals surface area contributed by atoms with Crippen molar-refractivity contribution >= 4 is 34.1 Å². The van der Waals surface area contributed by atoms with E-state index in [0.717, 1.165) is 12.8 Å². The first-order valence-corrected chi connectivity index (χ1v) is 20.8. The van der Waals surface area contributed by atoms with Crippen LogP contribution in [0.1, 0.15) is 91.1 Å². The van der Waals surface area contributed by atoms with E-state index in [1.807, 2.05) is 0 Å². The molecule has 2 aromatic carbocycles. The van der Waals surface area contributed by atoms with Crippen LogP contribution in [0, 0.1) is 36.5 Å². The highest BCUT2D eigenvalue weighted by Crippen LogP contribution is 2.51. The van der Waals surface area contributed by atoms with Crippen molar-refractivity contribution in [2.45, 2.75) is 118 Å². The van der Waals surface area contributed by atoms with Gasteiger partial charge in [0.25, 0.3) is 11.7 Å². The van der Waals surface area contributed by atoms with Crippen molar-refractivity contribution in [3.05, 3.63) is 58.0 Å². The number of phenolic OH excluding ortho intramolecular Hbond substituents is 2. The summed E-state index contributed by atoms with van der Waals surface area (Å²) in [6.07, 6.45) is 3.78. The predicted octanol–water partition coefficient (Wildman–Crippen LogP) is 4.10. The van der Waals surface area contributed by atoms with Gasteiger partial charge < -0.3 is 50.0 Å². The molecule has 0 saturated carbocycles. The minimum Gasteiger partial charge on any atom is -0.507 e. The average molecular weight is 833 g/mol. The molecule has 1 amide bonds. The second-order valence-corrected chi connectivity index (χ2v) is 17.8. The first-order chi connectivity index (χ1) is 28.1. The standard InChI is InChI=1S/C45H60N4O11/c1-21(2)20-49-17-15-45(16-18-49)47-33-30-31-38(54)27(8)41-32(30)42(56)44(10,60-41)58-19-14-29(51)24(5)40(59-28(9)50)26(7)37(53)25(6)36(52)22(3)12-11-13-23(4)43(57)46-35(39(31)55)34(33)48-45/h11-14,19,21-22,24-26,29,36-37,40,47,51-55H,15-18,20H2,1-10H3/t22-,24-,25+,26-,29-,36+,37+,40+,44+/m1/s1. The highest BCUT2D eigenvalue weighted by atomic mass is 16.7. The maximum absolute atomic E-state index is 14.6. The van der Waals surface area contributed by atoms with Gasteiger partial charge in [-0.1, -0.05) is 59.8 Å². The summed E-state index contributed by atoms with van der Waals surface area (Å²) in [5.41, 5.74) is -0.222. The van der Waals surface area contributed by atoms with Crippen molar-refractivity contribution in [1.29, 1.82) is 0 Å². The summed E-state index contributed by atoms with van der Waals surface area (Å²) in [6, 6.07) is 0. The molecule has 9 atom stereocenters. The summed E-state index contributed by atoms with van der Waals surface area (Å²) in [5.74, 6) is -7.21. The number of ether oxygens (including phenoxy) is 3. The third kappa shape index (κ3) is 8.16. The number of fused-ring (bicyclic) bond motifs is 13. The third-order valence-corrected chi connectivity index (χ3v) is 12.7. The van der Waals surface area contributed by atoms with Crippen LogP contribution in [0.4, 0.5) is 5.69 Å². The molecule has 1 spiro atoms. The first-order valence-electron chi connectivity index (χ1n) is 20.8. The molecule has 5 bridgehead atoms. The number of rotatable bonds is 3. The fourth-order valence-electron chi connectivity index (χ4n) is 8.96. The Bertz CT molecular complexity index is 2280. The number of aliphatic hydroxyl groups excluding tert-OH is 3. The van der Waals surface area contributed by atoms with Crippen molar-refractivity contribution in [3.8, 4) is 17.2 Å². The van der Waals surface area contributed by atoms with Gasteiger partial charge in [-0.25, -0.2) is 4.99 Å². The monoisotopic (exact) mass is 832 g/mol. The van der Waals surface area contributed by atoms with E-state index in [-0.39, 0.29) is 43.9 Å². The number of aromatic hydroxyl groups is 2. The van der Waals surface area contributed by atoms with Gasteiger partial charge in [0.2, 0.25) is 0 Å². The lowest BCUT2D eigenvalue weighted by atomic mass is 9.78. The van der Waals surface area contributed by atoms with Crippen LogP contribution in [0.5, 0.6) is 17.2 Å². The van der Waals surface area contributed by atoms with Crippen LogP contribution < -0.4 is 20.8 Å². The molecule has 5 aliphatic heterocycles. The van der Waals surface area contributed by atoms with Gasteiger partial charge in [0, 0.05) is 86.5 Å². The average Bonchev–Trinajstić information content (AvgIpc) is 3.69. The number of esters is 1. The van der Waals surface area contributed by atoms with Gasteiger partial charge in [-0.3, -0.25) is 19.4 Å². The normalized spacial score (nSPS) is 31.1. The van der Waals surface area contributed by atoms with Gasteiger partial charge in [0.1, 0.15) is 34.0 Å². The van der Waals surface area contributed by atoms with E-state index in [1.165, 1.54) is 32.9 Å². The Kier molecular flexibility index (Phi) is 12.6. The molecule has 1 saturated heterocycles. The number of piperidine rings is 1. The number of phenols is 2. The number of carbonyl (C=O) groups is 3. The molecule has 6 N–H and O–H groups in total. The summed E-state index contributed by atoms with van der Waals surface area (Å²) in [5, 5.41) is 61.5. The number of ketones is 1.